The van der Waals surface area contributed by atoms with E-state index in [9.17, 15) is 9.59 Å². The van der Waals surface area contributed by atoms with Crippen LogP contribution in [0.25, 0.3) is 11.0 Å². The molecule has 5 rings (SSSR count). The lowest BCUT2D eigenvalue weighted by molar-refractivity contribution is -0.122. The lowest BCUT2D eigenvalue weighted by Crippen LogP contribution is -2.35. The van der Waals surface area contributed by atoms with Gasteiger partial charge < -0.3 is 19.2 Å². The number of para-hydroxylation sites is 1. The van der Waals surface area contributed by atoms with Crippen molar-refractivity contribution < 1.29 is 18.7 Å². The van der Waals surface area contributed by atoms with Crippen LogP contribution in [0.15, 0.2) is 75.9 Å². The van der Waals surface area contributed by atoms with E-state index in [-0.39, 0.29) is 0 Å². The maximum atomic E-state index is 13.4. The van der Waals surface area contributed by atoms with Gasteiger partial charge in [-0.2, -0.15) is 0 Å². The molecule has 2 atom stereocenters. The number of fused-ring (bicyclic) bond motifs is 3. The SMILES string of the molecule is COc1ccc([C@H]2c3c(c4ccccc4oc3=O)O[C@H]2C(=O)Nc2ccc(Cl)c(Cl)c2)cc1. The van der Waals surface area contributed by atoms with E-state index >= 15 is 0 Å². The van der Waals surface area contributed by atoms with E-state index in [0.717, 1.165) is 0 Å². The van der Waals surface area contributed by atoms with Crippen LogP contribution < -0.4 is 20.4 Å². The lowest BCUT2D eigenvalue weighted by Gasteiger charge is -2.19. The van der Waals surface area contributed by atoms with Gasteiger partial charge in [-0.05, 0) is 48.0 Å². The van der Waals surface area contributed by atoms with Gasteiger partial charge in [-0.3, -0.25) is 4.79 Å². The number of carbonyl (C=O) groups is 1. The molecule has 1 aliphatic rings. The third kappa shape index (κ3) is 3.81. The third-order valence-electron chi connectivity index (χ3n) is 5.58. The van der Waals surface area contributed by atoms with Crippen LogP contribution in [0, 0.1) is 0 Å². The predicted octanol–water partition coefficient (Wildman–Crippen LogP) is 5.64. The van der Waals surface area contributed by atoms with Crippen LogP contribution in [0.1, 0.15) is 17.0 Å². The van der Waals surface area contributed by atoms with E-state index < -0.39 is 23.6 Å². The molecular weight excluding hydrogens is 465 g/mol. The van der Waals surface area contributed by atoms with Crippen LogP contribution in [-0.2, 0) is 4.79 Å². The summed E-state index contributed by atoms with van der Waals surface area (Å²) in [6, 6.07) is 19.0. The van der Waals surface area contributed by atoms with Crippen molar-refractivity contribution in [2.75, 3.05) is 12.4 Å². The smallest absolute Gasteiger partial charge is 0.344 e. The van der Waals surface area contributed by atoms with Crippen LogP contribution >= 0.6 is 23.2 Å². The highest BCUT2D eigenvalue weighted by Crippen LogP contribution is 2.44. The minimum absolute atomic E-state index is 0.299. The number of hydrogen-bond acceptors (Lipinski definition) is 5. The molecular formula is C25H17Cl2NO5. The second-order valence-corrected chi connectivity index (χ2v) is 8.35. The largest absolute Gasteiger partial charge is 0.497 e. The summed E-state index contributed by atoms with van der Waals surface area (Å²) in [6.45, 7) is 0. The number of methoxy groups -OCH3 is 1. The fraction of sp³-hybridized carbons (Fsp3) is 0.120. The Morgan fingerprint density at radius 2 is 1.76 bits per heavy atom. The maximum Gasteiger partial charge on any atom is 0.344 e. The number of halogens is 2. The van der Waals surface area contributed by atoms with Gasteiger partial charge in [0.1, 0.15) is 17.1 Å². The molecule has 166 valence electrons. The molecule has 1 aromatic heterocycles. The van der Waals surface area contributed by atoms with Gasteiger partial charge in [0.25, 0.3) is 5.91 Å². The average Bonchev–Trinajstić information content (AvgIpc) is 3.23. The van der Waals surface area contributed by atoms with Gasteiger partial charge in [0.05, 0.1) is 34.0 Å². The standard InChI is InChI=1S/C25H17Cl2NO5/c1-31-15-9-6-13(7-10-15)20-21-22(16-4-2-3-5-19(16)32-25(21)30)33-23(20)24(29)28-14-8-11-17(26)18(27)12-14/h2-12,20,23H,1H3,(H,28,29)/t20-,23+/m0/s1. The van der Waals surface area contributed by atoms with Gasteiger partial charge >= 0.3 is 5.63 Å². The quantitative estimate of drug-likeness (QED) is 0.381. The second kappa shape index (κ2) is 8.46. The highest BCUT2D eigenvalue weighted by Gasteiger charge is 2.44. The molecule has 1 amide bonds. The lowest BCUT2D eigenvalue weighted by atomic mass is 9.88. The van der Waals surface area contributed by atoms with Crippen molar-refractivity contribution in [3.8, 4) is 11.5 Å². The topological polar surface area (TPSA) is 77.8 Å². The van der Waals surface area contributed by atoms with E-state index in [1.807, 2.05) is 6.07 Å². The van der Waals surface area contributed by atoms with Gasteiger partial charge in [0.15, 0.2) is 6.10 Å². The Morgan fingerprint density at radius 1 is 1.00 bits per heavy atom. The van der Waals surface area contributed by atoms with Crippen LogP contribution in [0.4, 0.5) is 5.69 Å². The van der Waals surface area contributed by atoms with E-state index in [4.69, 9.17) is 37.1 Å². The highest BCUT2D eigenvalue weighted by molar-refractivity contribution is 6.42. The summed E-state index contributed by atoms with van der Waals surface area (Å²) in [5.74, 6) is -0.124. The summed E-state index contributed by atoms with van der Waals surface area (Å²) in [5, 5.41) is 4.12. The molecule has 8 heteroatoms. The van der Waals surface area contributed by atoms with Crippen molar-refractivity contribution in [3.05, 3.63) is 98.3 Å². The molecule has 0 radical (unpaired) electrons. The molecule has 1 aliphatic heterocycles. The van der Waals surface area contributed by atoms with Crippen molar-refractivity contribution in [3.63, 3.8) is 0 Å². The zero-order chi connectivity index (χ0) is 23.1. The number of rotatable bonds is 4. The molecule has 33 heavy (non-hydrogen) atoms. The minimum Gasteiger partial charge on any atom is -0.497 e. The zero-order valence-electron chi connectivity index (χ0n) is 17.3. The first-order chi connectivity index (χ1) is 16.0. The van der Waals surface area contributed by atoms with Crippen molar-refractivity contribution in [1.29, 1.82) is 0 Å². The fourth-order valence-corrected chi connectivity index (χ4v) is 4.32. The number of ether oxygens (including phenoxy) is 2. The molecule has 0 saturated heterocycles. The molecule has 0 bridgehead atoms. The van der Waals surface area contributed by atoms with Crippen LogP contribution in [0.3, 0.4) is 0 Å². The number of amides is 1. The molecule has 2 heterocycles. The maximum absolute atomic E-state index is 13.4. The Morgan fingerprint density at radius 3 is 2.48 bits per heavy atom. The van der Waals surface area contributed by atoms with Gasteiger partial charge in [0.2, 0.25) is 0 Å². The first-order valence-electron chi connectivity index (χ1n) is 10.1. The van der Waals surface area contributed by atoms with Gasteiger partial charge in [-0.1, -0.05) is 47.5 Å². The fourth-order valence-electron chi connectivity index (χ4n) is 4.02. The summed E-state index contributed by atoms with van der Waals surface area (Å²) in [4.78, 5) is 26.4. The normalized spacial score (nSPS) is 16.8. The summed E-state index contributed by atoms with van der Waals surface area (Å²) < 4.78 is 16.9. The zero-order valence-corrected chi connectivity index (χ0v) is 18.8. The van der Waals surface area contributed by atoms with Crippen molar-refractivity contribution >= 4 is 45.8 Å². The molecule has 0 unspecified atom stereocenters. The van der Waals surface area contributed by atoms with E-state index in [2.05, 4.69) is 5.32 Å². The summed E-state index contributed by atoms with van der Waals surface area (Å²) in [6.07, 6.45) is -1.02. The Kier molecular flexibility index (Phi) is 5.48. The molecule has 0 saturated carbocycles. The van der Waals surface area contributed by atoms with Gasteiger partial charge in [0, 0.05) is 5.69 Å². The molecule has 0 aliphatic carbocycles. The Balaban J connectivity index is 1.61. The van der Waals surface area contributed by atoms with E-state index in [1.165, 1.54) is 0 Å². The van der Waals surface area contributed by atoms with Crippen molar-refractivity contribution in [1.82, 2.24) is 0 Å². The van der Waals surface area contributed by atoms with Gasteiger partial charge in [-0.15, -0.1) is 0 Å². The van der Waals surface area contributed by atoms with Crippen molar-refractivity contribution in [2.45, 2.75) is 12.0 Å². The van der Waals surface area contributed by atoms with Crippen LogP contribution in [-0.4, -0.2) is 19.1 Å². The molecule has 6 nitrogen and oxygen atoms in total. The Labute approximate surface area is 198 Å². The number of hydrogen-bond donors (Lipinski definition) is 1. The molecule has 0 spiro atoms. The van der Waals surface area contributed by atoms with E-state index in [0.29, 0.717) is 49.3 Å². The summed E-state index contributed by atoms with van der Waals surface area (Å²) >= 11 is 12.1. The van der Waals surface area contributed by atoms with Crippen LogP contribution in [0.2, 0.25) is 10.0 Å². The number of nitrogens with one attached hydrogen (secondary N) is 1. The number of benzene rings is 3. The van der Waals surface area contributed by atoms with E-state index in [1.54, 1.807) is 67.8 Å². The van der Waals surface area contributed by atoms with Crippen molar-refractivity contribution in [2.24, 2.45) is 0 Å². The Bertz CT molecular complexity index is 1430. The molecule has 0 fully saturated rings. The van der Waals surface area contributed by atoms with Gasteiger partial charge in [-0.25, -0.2) is 4.79 Å². The van der Waals surface area contributed by atoms with Crippen LogP contribution in [0.5, 0.6) is 11.5 Å². The molecule has 1 N–H and O–H groups in total. The first-order valence-corrected chi connectivity index (χ1v) is 10.8. The average molecular weight is 482 g/mol. The number of carbonyl (C=O) groups excluding carboxylic acids is 1. The number of anilines is 1. The Hall–Kier alpha value is -3.48. The molecule has 4 aromatic rings. The first kappa shape index (κ1) is 21.4. The highest BCUT2D eigenvalue weighted by atomic mass is 35.5. The molecule has 3 aromatic carbocycles. The third-order valence-corrected chi connectivity index (χ3v) is 6.32. The monoisotopic (exact) mass is 481 g/mol. The summed E-state index contributed by atoms with van der Waals surface area (Å²) in [5.41, 5.74) is 1.31. The summed E-state index contributed by atoms with van der Waals surface area (Å²) in [7, 11) is 1.57. The predicted molar refractivity (Wildman–Crippen MR) is 127 cm³/mol. The second-order valence-electron chi connectivity index (χ2n) is 7.54. The minimum atomic E-state index is -1.02.